The van der Waals surface area contributed by atoms with Crippen LogP contribution in [0.15, 0.2) is 30.3 Å². The largest absolute Gasteiger partial charge is 0.361 e. The number of carbonyl (C=O) groups is 2. The van der Waals surface area contributed by atoms with Gasteiger partial charge in [-0.1, -0.05) is 24.6 Å². The molecule has 3 heterocycles. The summed E-state index contributed by atoms with van der Waals surface area (Å²) in [5, 5.41) is 0. The first kappa shape index (κ1) is 17.5. The number of benzene rings is 1. The number of hydrogen-bond donors (Lipinski definition) is 0. The Kier molecular flexibility index (Phi) is 4.96. The maximum atomic E-state index is 12.7. The molecule has 1 atom stereocenters. The molecular weight excluding hydrogens is 330 g/mol. The maximum absolute atomic E-state index is 12.7. The predicted octanol–water partition coefficient (Wildman–Crippen LogP) is 1.51. The fraction of sp³-hybridized carbons (Fsp3) is 0.600. The lowest BCUT2D eigenvalue weighted by Gasteiger charge is -2.40. The molecular formula is C20H27N3O3. The van der Waals surface area contributed by atoms with Crippen molar-refractivity contribution >= 4 is 17.5 Å². The number of rotatable bonds is 3. The molecule has 140 valence electrons. The van der Waals surface area contributed by atoms with Gasteiger partial charge in [0.1, 0.15) is 12.2 Å². The Morgan fingerprint density at radius 1 is 1.04 bits per heavy atom. The molecule has 4 rings (SSSR count). The van der Waals surface area contributed by atoms with Crippen LogP contribution in [-0.2, 0) is 14.3 Å². The molecule has 0 radical (unpaired) electrons. The third kappa shape index (κ3) is 3.62. The standard InChI is InChI=1S/C20H27N3O3/c24-18(13-21-10-5-2-6-11-21)22-12-9-20(15-22)16-23(19(25)14-26-20)17-7-3-1-4-8-17/h1,3-4,7-8H,2,5-6,9-16H2. The monoisotopic (exact) mass is 357 g/mol. The van der Waals surface area contributed by atoms with E-state index in [1.165, 1.54) is 19.3 Å². The molecule has 0 aromatic heterocycles. The van der Waals surface area contributed by atoms with Crippen LogP contribution in [0.1, 0.15) is 25.7 Å². The first-order chi connectivity index (χ1) is 12.7. The zero-order valence-corrected chi connectivity index (χ0v) is 15.2. The summed E-state index contributed by atoms with van der Waals surface area (Å²) in [5.41, 5.74) is 0.472. The van der Waals surface area contributed by atoms with Crippen LogP contribution in [-0.4, -0.2) is 73.1 Å². The highest BCUT2D eigenvalue weighted by molar-refractivity contribution is 5.95. The number of carbonyl (C=O) groups excluding carboxylic acids is 2. The van der Waals surface area contributed by atoms with Gasteiger partial charge in [-0.15, -0.1) is 0 Å². The topological polar surface area (TPSA) is 53.1 Å². The van der Waals surface area contributed by atoms with Gasteiger partial charge in [0.2, 0.25) is 5.91 Å². The van der Waals surface area contributed by atoms with Gasteiger partial charge in [-0.05, 0) is 44.5 Å². The Morgan fingerprint density at radius 2 is 1.81 bits per heavy atom. The van der Waals surface area contributed by atoms with Crippen molar-refractivity contribution in [2.45, 2.75) is 31.3 Å². The molecule has 3 aliphatic rings. The van der Waals surface area contributed by atoms with Gasteiger partial charge in [0, 0.05) is 12.2 Å². The van der Waals surface area contributed by atoms with E-state index in [2.05, 4.69) is 4.90 Å². The zero-order chi connectivity index (χ0) is 18.0. The summed E-state index contributed by atoms with van der Waals surface area (Å²) in [7, 11) is 0. The van der Waals surface area contributed by atoms with Crippen LogP contribution in [0.4, 0.5) is 5.69 Å². The lowest BCUT2D eigenvalue weighted by Crippen LogP contribution is -2.56. The molecule has 6 nitrogen and oxygen atoms in total. The first-order valence-corrected chi connectivity index (χ1v) is 9.65. The van der Waals surface area contributed by atoms with Gasteiger partial charge >= 0.3 is 0 Å². The van der Waals surface area contributed by atoms with Gasteiger partial charge in [0.05, 0.1) is 19.6 Å². The summed E-state index contributed by atoms with van der Waals surface area (Å²) in [6, 6.07) is 9.72. The highest BCUT2D eigenvalue weighted by Gasteiger charge is 2.46. The molecule has 0 bridgehead atoms. The molecule has 1 spiro atoms. The Bertz CT molecular complexity index is 660. The molecule has 6 heteroatoms. The number of piperidine rings is 1. The summed E-state index contributed by atoms with van der Waals surface area (Å²) in [6.45, 7) is 4.46. The van der Waals surface area contributed by atoms with Gasteiger partial charge < -0.3 is 14.5 Å². The van der Waals surface area contributed by atoms with Crippen molar-refractivity contribution in [1.82, 2.24) is 9.80 Å². The molecule has 3 aliphatic heterocycles. The summed E-state index contributed by atoms with van der Waals surface area (Å²) >= 11 is 0. The van der Waals surface area contributed by atoms with Crippen LogP contribution in [0.25, 0.3) is 0 Å². The summed E-state index contributed by atoms with van der Waals surface area (Å²) in [5.74, 6) is 0.176. The van der Waals surface area contributed by atoms with Crippen molar-refractivity contribution in [1.29, 1.82) is 0 Å². The van der Waals surface area contributed by atoms with Crippen molar-refractivity contribution in [3.63, 3.8) is 0 Å². The fourth-order valence-electron chi connectivity index (χ4n) is 4.27. The highest BCUT2D eigenvalue weighted by Crippen LogP contribution is 2.32. The van der Waals surface area contributed by atoms with Crippen LogP contribution in [0, 0.1) is 0 Å². The summed E-state index contributed by atoms with van der Waals surface area (Å²) in [6.07, 6.45) is 4.44. The van der Waals surface area contributed by atoms with Crippen molar-refractivity contribution in [3.8, 4) is 0 Å². The van der Waals surface area contributed by atoms with Crippen molar-refractivity contribution in [2.24, 2.45) is 0 Å². The minimum absolute atomic E-state index is 0.0140. The van der Waals surface area contributed by atoms with Gasteiger partial charge in [-0.2, -0.15) is 0 Å². The number of amides is 2. The second kappa shape index (κ2) is 7.37. The average molecular weight is 357 g/mol. The average Bonchev–Trinajstić information content (AvgIpc) is 3.09. The predicted molar refractivity (Wildman–Crippen MR) is 99.0 cm³/mol. The van der Waals surface area contributed by atoms with Crippen LogP contribution in [0.5, 0.6) is 0 Å². The minimum atomic E-state index is -0.429. The van der Waals surface area contributed by atoms with E-state index in [4.69, 9.17) is 4.74 Å². The molecule has 3 saturated heterocycles. The molecule has 3 fully saturated rings. The molecule has 1 unspecified atom stereocenters. The number of para-hydroxylation sites is 1. The van der Waals surface area contributed by atoms with Gasteiger partial charge in [-0.25, -0.2) is 0 Å². The van der Waals surface area contributed by atoms with E-state index in [0.717, 1.165) is 25.2 Å². The molecule has 0 N–H and O–H groups in total. The van der Waals surface area contributed by atoms with Crippen LogP contribution < -0.4 is 4.90 Å². The van der Waals surface area contributed by atoms with Crippen molar-refractivity contribution in [3.05, 3.63) is 30.3 Å². The van der Waals surface area contributed by atoms with Crippen LogP contribution in [0.3, 0.4) is 0 Å². The number of hydrogen-bond acceptors (Lipinski definition) is 4. The highest BCUT2D eigenvalue weighted by atomic mass is 16.5. The zero-order valence-electron chi connectivity index (χ0n) is 15.2. The van der Waals surface area contributed by atoms with E-state index in [9.17, 15) is 9.59 Å². The number of likely N-dealkylation sites (tertiary alicyclic amines) is 2. The maximum Gasteiger partial charge on any atom is 0.253 e. The van der Waals surface area contributed by atoms with E-state index < -0.39 is 5.60 Å². The van der Waals surface area contributed by atoms with E-state index in [-0.39, 0.29) is 18.4 Å². The van der Waals surface area contributed by atoms with E-state index in [0.29, 0.717) is 26.2 Å². The molecule has 1 aromatic carbocycles. The van der Waals surface area contributed by atoms with Crippen LogP contribution >= 0.6 is 0 Å². The third-order valence-corrected chi connectivity index (χ3v) is 5.79. The lowest BCUT2D eigenvalue weighted by molar-refractivity contribution is -0.139. The molecule has 0 saturated carbocycles. The van der Waals surface area contributed by atoms with Crippen molar-refractivity contribution in [2.75, 3.05) is 50.8 Å². The van der Waals surface area contributed by atoms with Gasteiger partial charge in [0.15, 0.2) is 0 Å². The molecule has 0 aliphatic carbocycles. The minimum Gasteiger partial charge on any atom is -0.361 e. The molecule has 26 heavy (non-hydrogen) atoms. The number of nitrogens with zero attached hydrogens (tertiary/aromatic N) is 3. The van der Waals surface area contributed by atoms with Gasteiger partial charge in [0.25, 0.3) is 5.91 Å². The molecule has 1 aromatic rings. The SMILES string of the molecule is O=C(CN1CCCCC1)N1CCC2(C1)CN(c1ccccc1)C(=O)CO2. The smallest absolute Gasteiger partial charge is 0.253 e. The molecule has 2 amide bonds. The number of ether oxygens (including phenoxy) is 1. The van der Waals surface area contributed by atoms with Gasteiger partial charge in [-0.3, -0.25) is 14.5 Å². The number of anilines is 1. The Balaban J connectivity index is 1.40. The van der Waals surface area contributed by atoms with E-state index >= 15 is 0 Å². The Hall–Kier alpha value is -1.92. The Morgan fingerprint density at radius 3 is 2.58 bits per heavy atom. The summed E-state index contributed by atoms with van der Waals surface area (Å²) < 4.78 is 5.96. The lowest BCUT2D eigenvalue weighted by atomic mass is 10.00. The normalized spacial score (nSPS) is 27.3. The van der Waals surface area contributed by atoms with E-state index in [1.54, 1.807) is 0 Å². The first-order valence-electron chi connectivity index (χ1n) is 9.65. The second-order valence-electron chi connectivity index (χ2n) is 7.69. The fourth-order valence-corrected chi connectivity index (χ4v) is 4.27. The van der Waals surface area contributed by atoms with E-state index in [1.807, 2.05) is 40.1 Å². The number of morpholine rings is 1. The van der Waals surface area contributed by atoms with Crippen molar-refractivity contribution < 1.29 is 14.3 Å². The quantitative estimate of drug-likeness (QED) is 0.823. The van der Waals surface area contributed by atoms with Crippen LogP contribution in [0.2, 0.25) is 0 Å². The second-order valence-corrected chi connectivity index (χ2v) is 7.69. The Labute approximate surface area is 154 Å². The summed E-state index contributed by atoms with van der Waals surface area (Å²) in [4.78, 5) is 31.0. The third-order valence-electron chi connectivity index (χ3n) is 5.79.